The van der Waals surface area contributed by atoms with E-state index in [2.05, 4.69) is 9.97 Å². The predicted molar refractivity (Wildman–Crippen MR) is 85.5 cm³/mol. The second-order valence-corrected chi connectivity index (χ2v) is 7.55. The lowest BCUT2D eigenvalue weighted by atomic mass is 10.1. The molecule has 0 amide bonds. The van der Waals surface area contributed by atoms with Crippen LogP contribution < -0.4 is 4.74 Å². The maximum absolute atomic E-state index is 13.9. The number of ether oxygens (including phenoxy) is 1. The fourth-order valence-corrected chi connectivity index (χ4v) is 4.27. The van der Waals surface area contributed by atoms with Crippen LogP contribution in [0.5, 0.6) is 5.88 Å². The number of piperidine rings is 1. The highest BCUT2D eigenvalue weighted by Gasteiger charge is 2.33. The molecule has 10 heteroatoms. The van der Waals surface area contributed by atoms with Gasteiger partial charge in [-0.25, -0.2) is 27.2 Å². The summed E-state index contributed by atoms with van der Waals surface area (Å²) in [6, 6.07) is 4.13. The van der Waals surface area contributed by atoms with E-state index in [1.165, 1.54) is 12.4 Å². The van der Waals surface area contributed by atoms with E-state index in [4.69, 9.17) is 10.00 Å². The molecule has 2 heterocycles. The molecule has 1 aliphatic rings. The molecule has 0 radical (unpaired) electrons. The standard InChI is InChI=1S/C16H14F2N4O3S/c17-11-3-4-13(18)15(8-11)26(23,24)22-7-1-2-12(10-22)25-16-14(9-19)20-5-6-21-16/h3-6,8,12H,1-2,7,10H2/t12-/m1/s1. The van der Waals surface area contributed by atoms with Crippen LogP contribution in [0.25, 0.3) is 0 Å². The van der Waals surface area contributed by atoms with Crippen molar-refractivity contribution in [2.24, 2.45) is 0 Å². The Kier molecular flexibility index (Phi) is 5.11. The van der Waals surface area contributed by atoms with Gasteiger partial charge >= 0.3 is 0 Å². The molecule has 1 fully saturated rings. The van der Waals surface area contributed by atoms with Crippen molar-refractivity contribution in [1.82, 2.24) is 14.3 Å². The second kappa shape index (κ2) is 7.31. The number of benzene rings is 1. The maximum Gasteiger partial charge on any atom is 0.251 e. The maximum atomic E-state index is 13.9. The average Bonchev–Trinajstić information content (AvgIpc) is 2.64. The quantitative estimate of drug-likeness (QED) is 0.803. The molecule has 0 saturated carbocycles. The van der Waals surface area contributed by atoms with Crippen molar-refractivity contribution in [2.75, 3.05) is 13.1 Å². The van der Waals surface area contributed by atoms with Gasteiger partial charge in [0.1, 0.15) is 28.7 Å². The van der Waals surface area contributed by atoms with E-state index >= 15 is 0 Å². The van der Waals surface area contributed by atoms with Crippen LogP contribution in [0, 0.1) is 23.0 Å². The number of rotatable bonds is 4. The summed E-state index contributed by atoms with van der Waals surface area (Å²) in [5, 5.41) is 9.02. The topological polar surface area (TPSA) is 96.2 Å². The predicted octanol–water partition coefficient (Wildman–Crippen LogP) is 1.86. The van der Waals surface area contributed by atoms with Gasteiger partial charge in [0.2, 0.25) is 15.7 Å². The van der Waals surface area contributed by atoms with Crippen LogP contribution >= 0.6 is 0 Å². The highest BCUT2D eigenvalue weighted by atomic mass is 32.2. The van der Waals surface area contributed by atoms with Crippen molar-refractivity contribution >= 4 is 10.0 Å². The third kappa shape index (κ3) is 3.63. The number of nitriles is 1. The van der Waals surface area contributed by atoms with Crippen LogP contribution in [0.3, 0.4) is 0 Å². The Hall–Kier alpha value is -2.64. The minimum absolute atomic E-state index is 0.0104. The summed E-state index contributed by atoms with van der Waals surface area (Å²) in [6.07, 6.45) is 3.10. The second-order valence-electron chi connectivity index (χ2n) is 5.64. The lowest BCUT2D eigenvalue weighted by molar-refractivity contribution is 0.123. The third-order valence-electron chi connectivity index (χ3n) is 3.90. The lowest BCUT2D eigenvalue weighted by Gasteiger charge is -2.31. The van der Waals surface area contributed by atoms with E-state index in [1.54, 1.807) is 0 Å². The van der Waals surface area contributed by atoms with E-state index in [9.17, 15) is 17.2 Å². The highest BCUT2D eigenvalue weighted by Crippen LogP contribution is 2.25. The molecule has 1 saturated heterocycles. The molecule has 0 aliphatic carbocycles. The molecular weight excluding hydrogens is 366 g/mol. The SMILES string of the molecule is N#Cc1nccnc1O[C@@H]1CCCN(S(=O)(=O)c2cc(F)ccc2F)C1. The van der Waals surface area contributed by atoms with Gasteiger partial charge in [-0.3, -0.25) is 0 Å². The first-order chi connectivity index (χ1) is 12.4. The van der Waals surface area contributed by atoms with Gasteiger partial charge in [0.15, 0.2) is 0 Å². The fourth-order valence-electron chi connectivity index (χ4n) is 2.68. The van der Waals surface area contributed by atoms with E-state index < -0.39 is 32.7 Å². The van der Waals surface area contributed by atoms with Gasteiger partial charge in [-0.05, 0) is 31.0 Å². The summed E-state index contributed by atoms with van der Waals surface area (Å²) in [6.45, 7) is 0.0868. The first-order valence-electron chi connectivity index (χ1n) is 7.75. The Labute approximate surface area is 148 Å². The summed E-state index contributed by atoms with van der Waals surface area (Å²) in [4.78, 5) is 7.04. The van der Waals surface area contributed by atoms with Crippen molar-refractivity contribution < 1.29 is 21.9 Å². The van der Waals surface area contributed by atoms with E-state index in [0.29, 0.717) is 18.9 Å². The smallest absolute Gasteiger partial charge is 0.251 e. The largest absolute Gasteiger partial charge is 0.471 e. The summed E-state index contributed by atoms with van der Waals surface area (Å²) in [5.74, 6) is -1.85. The number of halogens is 2. The molecule has 0 spiro atoms. The van der Waals surface area contributed by atoms with Crippen LogP contribution in [0.1, 0.15) is 18.5 Å². The Bertz CT molecular complexity index is 962. The van der Waals surface area contributed by atoms with Gasteiger partial charge in [0, 0.05) is 18.9 Å². The van der Waals surface area contributed by atoms with Crippen molar-refractivity contribution in [2.45, 2.75) is 23.8 Å². The van der Waals surface area contributed by atoms with Crippen molar-refractivity contribution in [3.63, 3.8) is 0 Å². The Morgan fingerprint density at radius 3 is 2.81 bits per heavy atom. The number of hydrogen-bond acceptors (Lipinski definition) is 6. The number of aromatic nitrogens is 2. The molecule has 1 aromatic heterocycles. The lowest BCUT2D eigenvalue weighted by Crippen LogP contribution is -2.44. The van der Waals surface area contributed by atoms with Gasteiger partial charge in [0.25, 0.3) is 5.88 Å². The summed E-state index contributed by atoms with van der Waals surface area (Å²) in [5.41, 5.74) is -0.0105. The molecular formula is C16H14F2N4O3S. The zero-order valence-corrected chi connectivity index (χ0v) is 14.3. The number of hydrogen-bond donors (Lipinski definition) is 0. The van der Waals surface area contributed by atoms with Crippen LogP contribution in [-0.2, 0) is 10.0 Å². The van der Waals surface area contributed by atoms with Gasteiger partial charge in [-0.15, -0.1) is 0 Å². The molecule has 0 unspecified atom stereocenters. The first-order valence-corrected chi connectivity index (χ1v) is 9.19. The van der Waals surface area contributed by atoms with Gasteiger partial charge in [0.05, 0.1) is 6.54 Å². The van der Waals surface area contributed by atoms with E-state index in [1.807, 2.05) is 6.07 Å². The first kappa shape index (κ1) is 18.2. The van der Waals surface area contributed by atoms with Crippen molar-refractivity contribution in [3.05, 3.63) is 47.9 Å². The monoisotopic (exact) mass is 380 g/mol. The molecule has 3 rings (SSSR count). The summed E-state index contributed by atoms with van der Waals surface area (Å²) >= 11 is 0. The summed E-state index contributed by atoms with van der Waals surface area (Å²) in [7, 11) is -4.22. The molecule has 0 N–H and O–H groups in total. The Morgan fingerprint density at radius 2 is 2.04 bits per heavy atom. The van der Waals surface area contributed by atoms with Crippen LogP contribution in [0.4, 0.5) is 8.78 Å². The third-order valence-corrected chi connectivity index (χ3v) is 5.78. The highest BCUT2D eigenvalue weighted by molar-refractivity contribution is 7.89. The van der Waals surface area contributed by atoms with Gasteiger partial charge in [-0.2, -0.15) is 9.57 Å². The Morgan fingerprint density at radius 1 is 1.27 bits per heavy atom. The van der Waals surface area contributed by atoms with Crippen LogP contribution in [0.2, 0.25) is 0 Å². The molecule has 1 atom stereocenters. The normalized spacial score (nSPS) is 18.3. The number of sulfonamides is 1. The molecule has 26 heavy (non-hydrogen) atoms. The van der Waals surface area contributed by atoms with E-state index in [-0.39, 0.29) is 24.7 Å². The minimum Gasteiger partial charge on any atom is -0.471 e. The average molecular weight is 380 g/mol. The summed E-state index contributed by atoms with van der Waals surface area (Å²) < 4.78 is 59.3. The fraction of sp³-hybridized carbons (Fsp3) is 0.312. The van der Waals surface area contributed by atoms with Crippen molar-refractivity contribution in [3.8, 4) is 11.9 Å². The van der Waals surface area contributed by atoms with Crippen molar-refractivity contribution in [1.29, 1.82) is 5.26 Å². The van der Waals surface area contributed by atoms with Gasteiger partial charge < -0.3 is 4.74 Å². The van der Waals surface area contributed by atoms with Crippen LogP contribution in [-0.4, -0.2) is 41.9 Å². The Balaban J connectivity index is 1.82. The number of nitrogens with zero attached hydrogens (tertiary/aromatic N) is 4. The van der Waals surface area contributed by atoms with E-state index in [0.717, 1.165) is 16.4 Å². The molecule has 2 aromatic rings. The molecule has 0 bridgehead atoms. The molecule has 1 aliphatic heterocycles. The molecule has 1 aromatic carbocycles. The van der Waals surface area contributed by atoms with Gasteiger partial charge in [-0.1, -0.05) is 0 Å². The van der Waals surface area contributed by atoms with Crippen LogP contribution in [0.15, 0.2) is 35.5 Å². The zero-order chi connectivity index (χ0) is 18.7. The zero-order valence-electron chi connectivity index (χ0n) is 13.5. The molecule has 136 valence electrons. The molecule has 7 nitrogen and oxygen atoms in total. The minimum atomic E-state index is -4.22.